The van der Waals surface area contributed by atoms with Crippen LogP contribution in [0.15, 0.2) is 29.1 Å². The molecule has 126 valence electrons. The topological polar surface area (TPSA) is 94.3 Å². The average Bonchev–Trinajstić information content (AvgIpc) is 2.79. The van der Waals surface area contributed by atoms with Crippen LogP contribution in [0.3, 0.4) is 0 Å². The zero-order chi connectivity index (χ0) is 18.0. The lowest BCUT2D eigenvalue weighted by Crippen LogP contribution is -2.49. The van der Waals surface area contributed by atoms with Gasteiger partial charge in [0.25, 0.3) is 0 Å². The highest BCUT2D eigenvalue weighted by molar-refractivity contribution is 6.30. The minimum Gasteiger partial charge on any atom is -0.273 e. The summed E-state index contributed by atoms with van der Waals surface area (Å²) in [6.07, 6.45) is 0.129. The molecule has 1 aromatic heterocycles. The fourth-order valence-electron chi connectivity index (χ4n) is 2.21. The van der Waals surface area contributed by atoms with Crippen molar-refractivity contribution >= 4 is 29.3 Å². The van der Waals surface area contributed by atoms with Crippen LogP contribution in [-0.4, -0.2) is 32.2 Å². The number of rotatable bonds is 3. The normalized spacial score (nSPS) is 10.5. The molecule has 0 saturated heterocycles. The van der Waals surface area contributed by atoms with Gasteiger partial charge in [0.15, 0.2) is 5.82 Å². The molecule has 8 nitrogen and oxygen atoms in total. The van der Waals surface area contributed by atoms with Gasteiger partial charge in [-0.2, -0.15) is 9.69 Å². The molecular formula is C15H15ClN4O4. The maximum Gasteiger partial charge on any atom is 0.373 e. The third-order valence-corrected chi connectivity index (χ3v) is 3.44. The first-order valence-electron chi connectivity index (χ1n) is 7.00. The lowest BCUT2D eigenvalue weighted by atomic mass is 10.1. The van der Waals surface area contributed by atoms with Gasteiger partial charge in [-0.05, 0) is 17.7 Å². The van der Waals surface area contributed by atoms with Gasteiger partial charge in [0.1, 0.15) is 0 Å². The van der Waals surface area contributed by atoms with Crippen LogP contribution in [0.4, 0.5) is 0 Å². The summed E-state index contributed by atoms with van der Waals surface area (Å²) in [5.41, 5.74) is -0.134. The van der Waals surface area contributed by atoms with Crippen molar-refractivity contribution in [1.82, 2.24) is 14.5 Å². The summed E-state index contributed by atoms with van der Waals surface area (Å²) >= 11 is 5.83. The molecule has 0 atom stereocenters. The number of nitrogens with zero attached hydrogens (tertiary/aromatic N) is 4. The van der Waals surface area contributed by atoms with Crippen molar-refractivity contribution in [1.29, 1.82) is 0 Å². The van der Waals surface area contributed by atoms with Gasteiger partial charge < -0.3 is 0 Å². The Morgan fingerprint density at radius 3 is 2.08 bits per heavy atom. The summed E-state index contributed by atoms with van der Waals surface area (Å²) in [6, 6.07) is 6.76. The summed E-state index contributed by atoms with van der Waals surface area (Å²) in [7, 11) is 0. The number of imide groups is 1. The standard InChI is InChI=1S/C15H15ClN4O4/c1-9(21)18-15(24)20(19(10(2)22)11(3)23)14(17-18)8-12-4-6-13(16)7-5-12/h4-7H,8H2,1-3H3. The van der Waals surface area contributed by atoms with Crippen molar-refractivity contribution < 1.29 is 14.4 Å². The highest BCUT2D eigenvalue weighted by atomic mass is 35.5. The zero-order valence-corrected chi connectivity index (χ0v) is 14.1. The van der Waals surface area contributed by atoms with E-state index in [1.165, 1.54) is 0 Å². The van der Waals surface area contributed by atoms with Crippen LogP contribution < -0.4 is 10.7 Å². The summed E-state index contributed by atoms with van der Waals surface area (Å²) in [4.78, 5) is 47.5. The van der Waals surface area contributed by atoms with E-state index in [4.69, 9.17) is 11.6 Å². The number of carbonyl (C=O) groups is 3. The third-order valence-electron chi connectivity index (χ3n) is 3.19. The fourth-order valence-corrected chi connectivity index (χ4v) is 2.33. The van der Waals surface area contributed by atoms with E-state index in [0.29, 0.717) is 14.7 Å². The molecule has 0 saturated carbocycles. The largest absolute Gasteiger partial charge is 0.373 e. The SMILES string of the molecule is CC(=O)N(C(C)=O)n1c(Cc2ccc(Cl)cc2)nn(C(C)=O)c1=O. The number of hydrogen-bond acceptors (Lipinski definition) is 5. The Morgan fingerprint density at radius 1 is 1.08 bits per heavy atom. The second-order valence-corrected chi connectivity index (χ2v) is 5.53. The Balaban J connectivity index is 2.61. The Kier molecular flexibility index (Phi) is 4.99. The van der Waals surface area contributed by atoms with E-state index in [1.807, 2.05) is 0 Å². The smallest absolute Gasteiger partial charge is 0.273 e. The number of halogens is 1. The van der Waals surface area contributed by atoms with Crippen LogP contribution in [0, 0.1) is 0 Å². The molecule has 0 aliphatic rings. The molecule has 0 aliphatic carbocycles. The van der Waals surface area contributed by atoms with Gasteiger partial charge in [0, 0.05) is 32.2 Å². The molecule has 0 fully saturated rings. The van der Waals surface area contributed by atoms with Crippen LogP contribution in [0.25, 0.3) is 0 Å². The van der Waals surface area contributed by atoms with E-state index < -0.39 is 23.4 Å². The Hall–Kier alpha value is -2.74. The van der Waals surface area contributed by atoms with E-state index in [0.717, 1.165) is 31.0 Å². The molecule has 2 rings (SSSR count). The molecule has 2 aromatic rings. The van der Waals surface area contributed by atoms with Crippen LogP contribution >= 0.6 is 11.6 Å². The van der Waals surface area contributed by atoms with E-state index >= 15 is 0 Å². The third kappa shape index (κ3) is 3.43. The molecule has 0 aliphatic heterocycles. The van der Waals surface area contributed by atoms with Crippen molar-refractivity contribution in [3.63, 3.8) is 0 Å². The van der Waals surface area contributed by atoms with Gasteiger partial charge >= 0.3 is 5.69 Å². The summed E-state index contributed by atoms with van der Waals surface area (Å²) in [5, 5.41) is 5.15. The van der Waals surface area contributed by atoms with Crippen molar-refractivity contribution in [2.24, 2.45) is 0 Å². The predicted octanol–water partition coefficient (Wildman–Crippen LogP) is 0.980. The second-order valence-electron chi connectivity index (χ2n) is 5.09. The van der Waals surface area contributed by atoms with Crippen molar-refractivity contribution in [2.75, 3.05) is 5.01 Å². The first kappa shape index (κ1) is 17.6. The second kappa shape index (κ2) is 6.79. The molecule has 0 radical (unpaired) electrons. The fraction of sp³-hybridized carbons (Fsp3) is 0.267. The first-order valence-corrected chi connectivity index (χ1v) is 7.38. The van der Waals surface area contributed by atoms with E-state index in [9.17, 15) is 19.2 Å². The minimum absolute atomic E-state index is 0.0860. The van der Waals surface area contributed by atoms with Crippen molar-refractivity contribution in [3.05, 3.63) is 51.2 Å². The molecular weight excluding hydrogens is 336 g/mol. The summed E-state index contributed by atoms with van der Waals surface area (Å²) in [6.45, 7) is 3.45. The van der Waals surface area contributed by atoms with Gasteiger partial charge in [-0.25, -0.2) is 4.79 Å². The molecule has 1 aromatic carbocycles. The minimum atomic E-state index is -0.878. The molecule has 0 unspecified atom stereocenters. The van der Waals surface area contributed by atoms with Gasteiger partial charge in [0.2, 0.25) is 17.7 Å². The van der Waals surface area contributed by atoms with Gasteiger partial charge in [-0.15, -0.1) is 9.78 Å². The summed E-state index contributed by atoms with van der Waals surface area (Å²) < 4.78 is 1.44. The molecule has 0 bridgehead atoms. The number of aromatic nitrogens is 3. The highest BCUT2D eigenvalue weighted by Gasteiger charge is 2.26. The highest BCUT2D eigenvalue weighted by Crippen LogP contribution is 2.12. The van der Waals surface area contributed by atoms with E-state index in [-0.39, 0.29) is 12.2 Å². The maximum absolute atomic E-state index is 12.4. The Morgan fingerprint density at radius 2 is 1.62 bits per heavy atom. The van der Waals surface area contributed by atoms with Gasteiger partial charge in [-0.3, -0.25) is 14.4 Å². The summed E-state index contributed by atoms with van der Waals surface area (Å²) in [5.74, 6) is -1.86. The Bertz CT molecular complexity index is 853. The lowest BCUT2D eigenvalue weighted by molar-refractivity contribution is -0.126. The van der Waals surface area contributed by atoms with Crippen LogP contribution in [0.2, 0.25) is 5.02 Å². The predicted molar refractivity (Wildman–Crippen MR) is 86.6 cm³/mol. The van der Waals surface area contributed by atoms with E-state index in [2.05, 4.69) is 5.10 Å². The molecule has 2 amide bonds. The molecule has 0 N–H and O–H groups in total. The first-order chi connectivity index (χ1) is 11.2. The van der Waals surface area contributed by atoms with Crippen molar-refractivity contribution in [3.8, 4) is 0 Å². The number of hydrogen-bond donors (Lipinski definition) is 0. The lowest BCUT2D eigenvalue weighted by Gasteiger charge is -2.18. The number of benzene rings is 1. The van der Waals surface area contributed by atoms with Crippen LogP contribution in [0.1, 0.15) is 37.0 Å². The van der Waals surface area contributed by atoms with Gasteiger partial charge in [0.05, 0.1) is 0 Å². The molecule has 1 heterocycles. The number of carbonyl (C=O) groups excluding carboxylic acids is 3. The molecule has 0 spiro atoms. The van der Waals surface area contributed by atoms with Gasteiger partial charge in [-0.1, -0.05) is 23.7 Å². The average molecular weight is 351 g/mol. The monoisotopic (exact) mass is 350 g/mol. The zero-order valence-electron chi connectivity index (χ0n) is 13.3. The number of amides is 2. The maximum atomic E-state index is 12.4. The molecule has 24 heavy (non-hydrogen) atoms. The van der Waals surface area contributed by atoms with Crippen molar-refractivity contribution in [2.45, 2.75) is 27.2 Å². The van der Waals surface area contributed by atoms with Crippen LogP contribution in [0.5, 0.6) is 0 Å². The van der Waals surface area contributed by atoms with E-state index in [1.54, 1.807) is 24.3 Å². The van der Waals surface area contributed by atoms with Crippen LogP contribution in [-0.2, 0) is 16.0 Å². The molecule has 9 heteroatoms. The quantitative estimate of drug-likeness (QED) is 0.822. The Labute approximate surface area is 142 Å².